The maximum absolute atomic E-state index is 11.9. The van der Waals surface area contributed by atoms with Crippen LogP contribution in [0.2, 0.25) is 0 Å². The van der Waals surface area contributed by atoms with Gasteiger partial charge in [0.2, 0.25) is 0 Å². The summed E-state index contributed by atoms with van der Waals surface area (Å²) in [6, 6.07) is 0. The molecule has 0 aromatic rings. The molecule has 0 bridgehead atoms. The van der Waals surface area contributed by atoms with E-state index in [0.717, 1.165) is 0 Å². The molecule has 0 saturated heterocycles. The molecule has 0 aromatic heterocycles. The second kappa shape index (κ2) is 11.9. The van der Waals surface area contributed by atoms with Gasteiger partial charge in [0, 0.05) is 21.9 Å². The van der Waals surface area contributed by atoms with Crippen LogP contribution < -0.4 is 0 Å². The van der Waals surface area contributed by atoms with Gasteiger partial charge >= 0.3 is 29.8 Å². The standard InChI is InChI=1S/C18H21NO10/c1-10(2)15(21)26-19(27-16(22)11(3)4)8-14(20)25-9-13(7)18(24)29-28-17(23)12(5)6/h9H,1,3,5,8H2,2,4,6-7H3/b13-9+. The third-order valence-corrected chi connectivity index (χ3v) is 2.56. The molecular weight excluding hydrogens is 390 g/mol. The maximum Gasteiger partial charge on any atom is 0.385 e. The van der Waals surface area contributed by atoms with Gasteiger partial charge in [-0.3, -0.25) is 0 Å². The molecule has 0 heterocycles. The Bertz CT molecular complexity index is 750. The summed E-state index contributed by atoms with van der Waals surface area (Å²) in [5.74, 6) is -5.10. The van der Waals surface area contributed by atoms with Crippen LogP contribution in [0.1, 0.15) is 27.7 Å². The fourth-order valence-electron chi connectivity index (χ4n) is 0.981. The lowest BCUT2D eigenvalue weighted by atomic mass is 10.3. The molecule has 29 heavy (non-hydrogen) atoms. The van der Waals surface area contributed by atoms with Gasteiger partial charge in [-0.25, -0.2) is 33.7 Å². The van der Waals surface area contributed by atoms with E-state index in [1.165, 1.54) is 27.7 Å². The summed E-state index contributed by atoms with van der Waals surface area (Å²) in [5, 5.41) is 0.270. The zero-order valence-corrected chi connectivity index (χ0v) is 16.4. The molecule has 0 radical (unpaired) electrons. The molecule has 0 atom stereocenters. The lowest BCUT2D eigenvalue weighted by Crippen LogP contribution is -2.35. The van der Waals surface area contributed by atoms with Crippen LogP contribution in [0, 0.1) is 0 Å². The number of nitrogens with zero attached hydrogens (tertiary/aromatic N) is 1. The number of ether oxygens (including phenoxy) is 1. The number of hydrogen-bond acceptors (Lipinski definition) is 11. The Morgan fingerprint density at radius 2 is 1.14 bits per heavy atom. The Balaban J connectivity index is 4.90. The fourth-order valence-corrected chi connectivity index (χ4v) is 0.981. The first kappa shape index (κ1) is 25.3. The largest absolute Gasteiger partial charge is 0.433 e. The third kappa shape index (κ3) is 10.2. The molecule has 0 aliphatic carbocycles. The fraction of sp³-hybridized carbons (Fsp3) is 0.278. The van der Waals surface area contributed by atoms with Gasteiger partial charge in [0.05, 0.1) is 5.57 Å². The summed E-state index contributed by atoms with van der Waals surface area (Å²) < 4.78 is 4.66. The van der Waals surface area contributed by atoms with Crippen LogP contribution in [0.25, 0.3) is 0 Å². The highest BCUT2D eigenvalue weighted by atomic mass is 17.2. The summed E-state index contributed by atoms with van der Waals surface area (Å²) >= 11 is 0. The average Bonchev–Trinajstić information content (AvgIpc) is 2.62. The topological polar surface area (TPSA) is 135 Å². The van der Waals surface area contributed by atoms with E-state index < -0.39 is 36.4 Å². The van der Waals surface area contributed by atoms with Gasteiger partial charge in [-0.15, -0.1) is 0 Å². The van der Waals surface area contributed by atoms with Gasteiger partial charge in [0.25, 0.3) is 0 Å². The van der Waals surface area contributed by atoms with E-state index in [9.17, 15) is 24.0 Å². The van der Waals surface area contributed by atoms with Crippen LogP contribution in [0.5, 0.6) is 0 Å². The number of hydroxylamine groups is 2. The molecule has 158 valence electrons. The molecule has 0 N–H and O–H groups in total. The van der Waals surface area contributed by atoms with E-state index >= 15 is 0 Å². The number of carbonyl (C=O) groups is 5. The van der Waals surface area contributed by atoms with E-state index in [1.807, 2.05) is 0 Å². The quantitative estimate of drug-likeness (QED) is 0.179. The van der Waals surface area contributed by atoms with Gasteiger partial charge in [-0.05, 0) is 27.7 Å². The van der Waals surface area contributed by atoms with Crippen molar-refractivity contribution in [2.45, 2.75) is 27.7 Å². The van der Waals surface area contributed by atoms with E-state index in [0.29, 0.717) is 6.26 Å². The number of hydrogen-bond donors (Lipinski definition) is 0. The van der Waals surface area contributed by atoms with Crippen molar-refractivity contribution < 1.29 is 48.2 Å². The molecule has 0 rings (SSSR count). The summed E-state index contributed by atoms with van der Waals surface area (Å²) in [5.41, 5.74) is -0.313. The molecule has 0 amide bonds. The summed E-state index contributed by atoms with van der Waals surface area (Å²) in [7, 11) is 0. The molecular formula is C18H21NO10. The van der Waals surface area contributed by atoms with E-state index in [1.54, 1.807) is 0 Å². The van der Waals surface area contributed by atoms with Crippen molar-refractivity contribution >= 4 is 29.8 Å². The van der Waals surface area contributed by atoms with Crippen LogP contribution in [-0.4, -0.2) is 41.6 Å². The van der Waals surface area contributed by atoms with Gasteiger partial charge < -0.3 is 14.4 Å². The van der Waals surface area contributed by atoms with Crippen molar-refractivity contribution in [1.29, 1.82) is 0 Å². The predicted molar refractivity (Wildman–Crippen MR) is 95.4 cm³/mol. The van der Waals surface area contributed by atoms with Crippen molar-refractivity contribution in [3.05, 3.63) is 48.3 Å². The summed E-state index contributed by atoms with van der Waals surface area (Å²) in [6.45, 7) is 14.3. The number of rotatable bonds is 9. The Labute approximate surface area is 166 Å². The van der Waals surface area contributed by atoms with E-state index in [2.05, 4.69) is 43.9 Å². The summed E-state index contributed by atoms with van der Waals surface area (Å²) in [4.78, 5) is 75.5. The molecule has 0 saturated carbocycles. The van der Waals surface area contributed by atoms with Crippen molar-refractivity contribution in [3.8, 4) is 0 Å². The molecule has 0 unspecified atom stereocenters. The van der Waals surface area contributed by atoms with E-state index in [-0.39, 0.29) is 27.5 Å². The van der Waals surface area contributed by atoms with Gasteiger partial charge in [-0.1, -0.05) is 19.7 Å². The van der Waals surface area contributed by atoms with Crippen LogP contribution in [0.15, 0.2) is 48.3 Å². The first-order valence-electron chi connectivity index (χ1n) is 7.83. The molecule has 0 aromatic carbocycles. The average molecular weight is 411 g/mol. The Kier molecular flexibility index (Phi) is 10.3. The van der Waals surface area contributed by atoms with Crippen molar-refractivity contribution in [2.75, 3.05) is 6.54 Å². The SMILES string of the molecule is C=C(C)C(=O)OOC(=O)/C(C)=C/OC(=O)CN(OC(=O)C(=C)C)OC(=O)C(=C)C. The normalized spacial score (nSPS) is 10.4. The van der Waals surface area contributed by atoms with E-state index in [4.69, 9.17) is 0 Å². The monoisotopic (exact) mass is 411 g/mol. The number of carbonyl (C=O) groups excluding carboxylic acids is 5. The van der Waals surface area contributed by atoms with Crippen LogP contribution in [0.4, 0.5) is 0 Å². The molecule has 11 nitrogen and oxygen atoms in total. The van der Waals surface area contributed by atoms with Gasteiger partial charge in [0.1, 0.15) is 6.26 Å². The van der Waals surface area contributed by atoms with Crippen molar-refractivity contribution in [1.82, 2.24) is 5.23 Å². The minimum atomic E-state index is -1.12. The first-order valence-corrected chi connectivity index (χ1v) is 7.83. The predicted octanol–water partition coefficient (Wildman–Crippen LogP) is 1.38. The van der Waals surface area contributed by atoms with Crippen molar-refractivity contribution in [3.63, 3.8) is 0 Å². The highest BCUT2D eigenvalue weighted by Crippen LogP contribution is 2.05. The van der Waals surface area contributed by atoms with Gasteiger partial charge in [-0.2, -0.15) is 0 Å². The third-order valence-electron chi connectivity index (χ3n) is 2.56. The maximum atomic E-state index is 11.9. The zero-order chi connectivity index (χ0) is 22.7. The molecule has 0 aliphatic heterocycles. The van der Waals surface area contributed by atoms with Gasteiger partial charge in [0.15, 0.2) is 6.54 Å². The second-order valence-corrected chi connectivity index (χ2v) is 5.62. The molecule has 11 heteroatoms. The Morgan fingerprint density at radius 1 is 0.724 bits per heavy atom. The van der Waals surface area contributed by atoms with Crippen LogP contribution in [0.3, 0.4) is 0 Å². The lowest BCUT2D eigenvalue weighted by Gasteiger charge is -2.18. The van der Waals surface area contributed by atoms with Crippen LogP contribution in [-0.2, 0) is 48.2 Å². The highest BCUT2D eigenvalue weighted by Gasteiger charge is 2.22. The molecule has 0 aliphatic rings. The first-order chi connectivity index (χ1) is 13.3. The van der Waals surface area contributed by atoms with Crippen molar-refractivity contribution in [2.24, 2.45) is 0 Å². The smallest absolute Gasteiger partial charge is 0.385 e. The molecule has 0 spiro atoms. The minimum absolute atomic E-state index is 0.000400. The Morgan fingerprint density at radius 3 is 1.55 bits per heavy atom. The lowest BCUT2D eigenvalue weighted by molar-refractivity contribution is -0.318. The van der Waals surface area contributed by atoms with Crippen LogP contribution >= 0.6 is 0 Å². The zero-order valence-electron chi connectivity index (χ0n) is 16.4. The highest BCUT2D eigenvalue weighted by molar-refractivity contribution is 5.90. The second-order valence-electron chi connectivity index (χ2n) is 5.62. The minimum Gasteiger partial charge on any atom is -0.433 e. The summed E-state index contributed by atoms with van der Waals surface area (Å²) in [6.07, 6.45) is 0.693. The Hall–Kier alpha value is -3.73. The molecule has 0 fully saturated rings. The number of esters is 1.